The topological polar surface area (TPSA) is 50.4 Å². The number of carbonyl (C=O) groups is 1. The molecule has 22 heavy (non-hydrogen) atoms. The molecule has 0 saturated carbocycles. The molecular formula is C16H15IN2O2S. The van der Waals surface area contributed by atoms with Crippen molar-refractivity contribution in [3.63, 3.8) is 0 Å². The fourth-order valence-electron chi connectivity index (χ4n) is 1.81. The molecule has 0 bridgehead atoms. The van der Waals surface area contributed by atoms with Crippen LogP contribution >= 0.6 is 34.8 Å². The lowest BCUT2D eigenvalue weighted by atomic mass is 10.2. The summed E-state index contributed by atoms with van der Waals surface area (Å²) in [7, 11) is 0. The number of thiocarbonyl (C=S) groups is 1. The Hall–Kier alpha value is -1.67. The Balaban J connectivity index is 2.00. The molecule has 114 valence electrons. The second kappa shape index (κ2) is 8.09. The SMILES string of the molecule is CCOc1cccc(NC(=S)NC(=O)c2ccccc2I)c1. The van der Waals surface area contributed by atoms with Crippen LogP contribution in [0.3, 0.4) is 0 Å². The second-order valence-electron chi connectivity index (χ2n) is 4.35. The van der Waals surface area contributed by atoms with Crippen molar-refractivity contribution in [1.29, 1.82) is 0 Å². The lowest BCUT2D eigenvalue weighted by Crippen LogP contribution is -2.34. The smallest absolute Gasteiger partial charge is 0.258 e. The van der Waals surface area contributed by atoms with Crippen molar-refractivity contribution >= 4 is 51.5 Å². The molecule has 0 aromatic heterocycles. The van der Waals surface area contributed by atoms with Crippen LogP contribution in [0.25, 0.3) is 0 Å². The maximum atomic E-state index is 12.2. The highest BCUT2D eigenvalue weighted by atomic mass is 127. The molecule has 2 aromatic rings. The standard InChI is InChI=1S/C16H15IN2O2S/c1-2-21-12-7-5-6-11(10-12)18-16(22)19-15(20)13-8-3-4-9-14(13)17/h3-10H,2H2,1H3,(H2,18,19,20,22). The molecule has 0 radical (unpaired) electrons. The van der Waals surface area contributed by atoms with Gasteiger partial charge in [-0.3, -0.25) is 10.1 Å². The zero-order valence-electron chi connectivity index (χ0n) is 11.9. The molecule has 2 aromatic carbocycles. The molecule has 6 heteroatoms. The van der Waals surface area contributed by atoms with Gasteiger partial charge in [0.2, 0.25) is 0 Å². The van der Waals surface area contributed by atoms with Crippen molar-refractivity contribution in [1.82, 2.24) is 5.32 Å². The van der Waals surface area contributed by atoms with Gasteiger partial charge in [0.1, 0.15) is 5.75 Å². The van der Waals surface area contributed by atoms with Crippen LogP contribution in [0, 0.1) is 3.57 Å². The Bertz CT molecular complexity index is 691. The van der Waals surface area contributed by atoms with Crippen molar-refractivity contribution in [2.24, 2.45) is 0 Å². The fraction of sp³-hybridized carbons (Fsp3) is 0.125. The Morgan fingerprint density at radius 3 is 2.73 bits per heavy atom. The molecule has 0 fully saturated rings. The number of carbonyl (C=O) groups excluding carboxylic acids is 1. The lowest BCUT2D eigenvalue weighted by molar-refractivity contribution is 0.0977. The first-order valence-electron chi connectivity index (χ1n) is 6.70. The molecule has 0 aliphatic carbocycles. The minimum Gasteiger partial charge on any atom is -0.494 e. The highest BCUT2D eigenvalue weighted by molar-refractivity contribution is 14.1. The van der Waals surface area contributed by atoms with Crippen LogP contribution in [0.4, 0.5) is 5.69 Å². The summed E-state index contributed by atoms with van der Waals surface area (Å²) in [5.41, 5.74) is 1.36. The number of hydrogen-bond donors (Lipinski definition) is 2. The molecule has 2 rings (SSSR count). The number of anilines is 1. The summed E-state index contributed by atoms with van der Waals surface area (Å²) in [6.07, 6.45) is 0. The third-order valence-corrected chi connectivity index (χ3v) is 3.89. The van der Waals surface area contributed by atoms with E-state index in [1.807, 2.05) is 49.4 Å². The van der Waals surface area contributed by atoms with E-state index in [0.717, 1.165) is 15.0 Å². The van der Waals surface area contributed by atoms with Gasteiger partial charge in [0.15, 0.2) is 5.11 Å². The number of amides is 1. The molecule has 1 amide bonds. The van der Waals surface area contributed by atoms with Crippen LogP contribution in [0.1, 0.15) is 17.3 Å². The highest BCUT2D eigenvalue weighted by Crippen LogP contribution is 2.17. The van der Waals surface area contributed by atoms with E-state index in [9.17, 15) is 4.79 Å². The van der Waals surface area contributed by atoms with Gasteiger partial charge in [0, 0.05) is 15.3 Å². The summed E-state index contributed by atoms with van der Waals surface area (Å²) >= 11 is 7.30. The van der Waals surface area contributed by atoms with Crippen LogP contribution in [-0.2, 0) is 0 Å². The second-order valence-corrected chi connectivity index (χ2v) is 5.92. The lowest BCUT2D eigenvalue weighted by Gasteiger charge is -2.11. The van der Waals surface area contributed by atoms with Gasteiger partial charge >= 0.3 is 0 Å². The van der Waals surface area contributed by atoms with Crippen molar-refractivity contribution in [2.45, 2.75) is 6.92 Å². The predicted octanol–water partition coefficient (Wildman–Crippen LogP) is 3.82. The zero-order valence-corrected chi connectivity index (χ0v) is 14.9. The van der Waals surface area contributed by atoms with E-state index < -0.39 is 0 Å². The Labute approximate surface area is 148 Å². The average Bonchev–Trinajstić information content (AvgIpc) is 2.48. The Morgan fingerprint density at radius 2 is 2.00 bits per heavy atom. The summed E-state index contributed by atoms with van der Waals surface area (Å²) in [6.45, 7) is 2.52. The normalized spacial score (nSPS) is 9.91. The average molecular weight is 426 g/mol. The van der Waals surface area contributed by atoms with Crippen LogP contribution in [0.2, 0.25) is 0 Å². The monoisotopic (exact) mass is 426 g/mol. The molecule has 4 nitrogen and oxygen atoms in total. The molecule has 2 N–H and O–H groups in total. The predicted molar refractivity (Wildman–Crippen MR) is 100 cm³/mol. The van der Waals surface area contributed by atoms with E-state index >= 15 is 0 Å². The van der Waals surface area contributed by atoms with Crippen LogP contribution in [0.15, 0.2) is 48.5 Å². The van der Waals surface area contributed by atoms with Gasteiger partial charge in [-0.05, 0) is 66.0 Å². The number of rotatable bonds is 4. The van der Waals surface area contributed by atoms with Gasteiger partial charge in [-0.25, -0.2) is 0 Å². The molecule has 0 spiro atoms. The molecular weight excluding hydrogens is 411 g/mol. The first kappa shape index (κ1) is 16.7. The summed E-state index contributed by atoms with van der Waals surface area (Å²) in [6, 6.07) is 14.7. The summed E-state index contributed by atoms with van der Waals surface area (Å²) in [5, 5.41) is 5.90. The molecule has 0 atom stereocenters. The van der Waals surface area contributed by atoms with Gasteiger partial charge in [-0.1, -0.05) is 18.2 Å². The summed E-state index contributed by atoms with van der Waals surface area (Å²) < 4.78 is 6.30. The maximum absolute atomic E-state index is 12.2. The highest BCUT2D eigenvalue weighted by Gasteiger charge is 2.10. The number of halogens is 1. The minimum absolute atomic E-state index is 0.233. The van der Waals surface area contributed by atoms with Crippen molar-refractivity contribution in [3.8, 4) is 5.75 Å². The Morgan fingerprint density at radius 1 is 1.23 bits per heavy atom. The van der Waals surface area contributed by atoms with E-state index in [1.54, 1.807) is 6.07 Å². The van der Waals surface area contributed by atoms with Gasteiger partial charge in [-0.2, -0.15) is 0 Å². The third-order valence-electron chi connectivity index (χ3n) is 2.75. The third kappa shape index (κ3) is 4.67. The number of hydrogen-bond acceptors (Lipinski definition) is 3. The largest absolute Gasteiger partial charge is 0.494 e. The molecule has 0 saturated heterocycles. The molecule has 0 heterocycles. The van der Waals surface area contributed by atoms with Crippen molar-refractivity contribution < 1.29 is 9.53 Å². The van der Waals surface area contributed by atoms with Gasteiger partial charge in [-0.15, -0.1) is 0 Å². The molecule has 0 unspecified atom stereocenters. The van der Waals surface area contributed by atoms with E-state index in [1.165, 1.54) is 0 Å². The van der Waals surface area contributed by atoms with E-state index in [4.69, 9.17) is 17.0 Å². The fourth-order valence-corrected chi connectivity index (χ4v) is 2.65. The zero-order chi connectivity index (χ0) is 15.9. The van der Waals surface area contributed by atoms with E-state index in [-0.39, 0.29) is 11.0 Å². The summed E-state index contributed by atoms with van der Waals surface area (Å²) in [5.74, 6) is 0.516. The first-order valence-corrected chi connectivity index (χ1v) is 8.18. The van der Waals surface area contributed by atoms with Crippen LogP contribution < -0.4 is 15.4 Å². The minimum atomic E-state index is -0.233. The van der Waals surface area contributed by atoms with Crippen LogP contribution in [-0.4, -0.2) is 17.6 Å². The number of nitrogens with one attached hydrogen (secondary N) is 2. The quantitative estimate of drug-likeness (QED) is 0.577. The van der Waals surface area contributed by atoms with Crippen molar-refractivity contribution in [3.05, 3.63) is 57.7 Å². The van der Waals surface area contributed by atoms with Crippen molar-refractivity contribution in [2.75, 3.05) is 11.9 Å². The van der Waals surface area contributed by atoms with E-state index in [0.29, 0.717) is 12.2 Å². The van der Waals surface area contributed by atoms with Gasteiger partial charge in [0.05, 0.1) is 12.2 Å². The summed E-state index contributed by atoms with van der Waals surface area (Å²) in [4.78, 5) is 12.2. The molecule has 0 aliphatic heterocycles. The van der Waals surface area contributed by atoms with Gasteiger partial charge in [0.25, 0.3) is 5.91 Å². The van der Waals surface area contributed by atoms with Crippen LogP contribution in [0.5, 0.6) is 5.75 Å². The Kier molecular flexibility index (Phi) is 6.14. The molecule has 0 aliphatic rings. The first-order chi connectivity index (χ1) is 10.6. The maximum Gasteiger partial charge on any atom is 0.258 e. The van der Waals surface area contributed by atoms with Gasteiger partial charge < -0.3 is 10.1 Å². The van der Waals surface area contributed by atoms with E-state index in [2.05, 4.69) is 33.2 Å². The number of benzene rings is 2. The number of ether oxygens (including phenoxy) is 1.